The average molecular weight is 285 g/mol. The molecule has 1 aromatic rings. The standard InChI is InChI=1S/C12H19N3O3S/c1-7-9(11(19-4)15-8(2)14-7)10(17)13-5-12(3,18)6-16/h16,18H,5-6H2,1-4H3,(H,13,17). The molecule has 1 amide bonds. The first-order valence-electron chi connectivity index (χ1n) is 5.81. The van der Waals surface area contributed by atoms with E-state index in [9.17, 15) is 9.90 Å². The quantitative estimate of drug-likeness (QED) is 0.531. The number of rotatable bonds is 5. The van der Waals surface area contributed by atoms with Crippen molar-refractivity contribution in [1.82, 2.24) is 15.3 Å². The van der Waals surface area contributed by atoms with Gasteiger partial charge < -0.3 is 15.5 Å². The Morgan fingerprint density at radius 3 is 2.58 bits per heavy atom. The molecule has 0 fully saturated rings. The zero-order valence-corrected chi connectivity index (χ0v) is 12.3. The van der Waals surface area contributed by atoms with Crippen LogP contribution in [-0.4, -0.2) is 51.1 Å². The zero-order valence-electron chi connectivity index (χ0n) is 11.5. The summed E-state index contributed by atoms with van der Waals surface area (Å²) in [6.45, 7) is 4.50. The van der Waals surface area contributed by atoms with E-state index in [1.807, 2.05) is 6.26 Å². The molecule has 19 heavy (non-hydrogen) atoms. The van der Waals surface area contributed by atoms with Gasteiger partial charge in [0, 0.05) is 6.54 Å². The van der Waals surface area contributed by atoms with Crippen LogP contribution in [-0.2, 0) is 0 Å². The largest absolute Gasteiger partial charge is 0.393 e. The van der Waals surface area contributed by atoms with Crippen LogP contribution in [0.2, 0.25) is 0 Å². The van der Waals surface area contributed by atoms with Crippen LogP contribution in [0.1, 0.15) is 28.8 Å². The summed E-state index contributed by atoms with van der Waals surface area (Å²) >= 11 is 1.37. The van der Waals surface area contributed by atoms with Crippen molar-refractivity contribution in [2.24, 2.45) is 0 Å². The van der Waals surface area contributed by atoms with Crippen molar-refractivity contribution in [3.05, 3.63) is 17.1 Å². The third-order valence-corrected chi connectivity index (χ3v) is 3.24. The number of amides is 1. The van der Waals surface area contributed by atoms with Gasteiger partial charge in [0.2, 0.25) is 0 Å². The molecule has 1 unspecified atom stereocenters. The van der Waals surface area contributed by atoms with Crippen molar-refractivity contribution in [1.29, 1.82) is 0 Å². The van der Waals surface area contributed by atoms with Gasteiger partial charge in [0.05, 0.1) is 17.9 Å². The molecule has 3 N–H and O–H groups in total. The summed E-state index contributed by atoms with van der Waals surface area (Å²) < 4.78 is 0. The summed E-state index contributed by atoms with van der Waals surface area (Å²) in [5.74, 6) is 0.260. The second-order valence-corrected chi connectivity index (χ2v) is 5.37. The van der Waals surface area contributed by atoms with Gasteiger partial charge in [-0.25, -0.2) is 9.97 Å². The van der Waals surface area contributed by atoms with Gasteiger partial charge >= 0.3 is 0 Å². The minimum Gasteiger partial charge on any atom is -0.393 e. The molecule has 0 bridgehead atoms. The van der Waals surface area contributed by atoms with Crippen LogP contribution >= 0.6 is 11.8 Å². The number of hydrogen-bond donors (Lipinski definition) is 3. The van der Waals surface area contributed by atoms with Gasteiger partial charge in [-0.2, -0.15) is 0 Å². The van der Waals surface area contributed by atoms with E-state index in [1.165, 1.54) is 18.7 Å². The fourth-order valence-corrected chi connectivity index (χ4v) is 2.17. The number of hydrogen-bond acceptors (Lipinski definition) is 6. The molecule has 1 atom stereocenters. The van der Waals surface area contributed by atoms with Crippen LogP contribution in [0, 0.1) is 13.8 Å². The zero-order chi connectivity index (χ0) is 14.6. The third-order valence-electron chi connectivity index (χ3n) is 2.56. The molecule has 1 rings (SSSR count). The van der Waals surface area contributed by atoms with Gasteiger partial charge in [0.1, 0.15) is 16.5 Å². The second-order valence-electron chi connectivity index (χ2n) is 4.58. The van der Waals surface area contributed by atoms with E-state index in [4.69, 9.17) is 5.11 Å². The minimum absolute atomic E-state index is 0.0382. The number of nitrogens with one attached hydrogen (secondary N) is 1. The molecule has 0 saturated carbocycles. The Morgan fingerprint density at radius 2 is 2.05 bits per heavy atom. The first-order valence-corrected chi connectivity index (χ1v) is 7.04. The number of aromatic nitrogens is 2. The van der Waals surface area contributed by atoms with E-state index in [0.717, 1.165) is 0 Å². The lowest BCUT2D eigenvalue weighted by atomic mass is 10.1. The summed E-state index contributed by atoms with van der Waals surface area (Å²) in [7, 11) is 0. The molecule has 0 radical (unpaired) electrons. The van der Waals surface area contributed by atoms with Crippen molar-refractivity contribution < 1.29 is 15.0 Å². The highest BCUT2D eigenvalue weighted by Crippen LogP contribution is 2.20. The normalized spacial score (nSPS) is 14.0. The Balaban J connectivity index is 2.94. The molecular formula is C12H19N3O3S. The molecule has 106 valence electrons. The summed E-state index contributed by atoms with van der Waals surface area (Å²) in [5, 5.41) is 21.8. The minimum atomic E-state index is -1.34. The predicted octanol–water partition coefficient (Wildman–Crippen LogP) is 0.288. The summed E-state index contributed by atoms with van der Waals surface area (Å²) in [4.78, 5) is 20.5. The van der Waals surface area contributed by atoms with Gasteiger partial charge in [0.25, 0.3) is 5.91 Å². The lowest BCUT2D eigenvalue weighted by Gasteiger charge is -2.21. The van der Waals surface area contributed by atoms with E-state index in [2.05, 4.69) is 15.3 Å². The Bertz CT molecular complexity index is 478. The van der Waals surface area contributed by atoms with Crippen molar-refractivity contribution in [3.8, 4) is 0 Å². The van der Waals surface area contributed by atoms with Gasteiger partial charge in [-0.05, 0) is 27.0 Å². The molecule has 7 heteroatoms. The van der Waals surface area contributed by atoms with Crippen LogP contribution in [0.15, 0.2) is 5.03 Å². The topological polar surface area (TPSA) is 95.3 Å². The average Bonchev–Trinajstić information content (AvgIpc) is 2.35. The van der Waals surface area contributed by atoms with E-state index in [0.29, 0.717) is 22.1 Å². The van der Waals surface area contributed by atoms with Crippen molar-refractivity contribution in [2.75, 3.05) is 19.4 Å². The van der Waals surface area contributed by atoms with E-state index in [1.54, 1.807) is 13.8 Å². The first-order chi connectivity index (χ1) is 8.80. The molecule has 1 aromatic heterocycles. The van der Waals surface area contributed by atoms with E-state index >= 15 is 0 Å². The molecule has 1 heterocycles. The molecule has 0 aliphatic heterocycles. The Labute approximate surface area is 116 Å². The molecule has 0 spiro atoms. The molecular weight excluding hydrogens is 266 g/mol. The summed E-state index contributed by atoms with van der Waals surface area (Å²) in [6, 6.07) is 0. The number of aliphatic hydroxyl groups excluding tert-OH is 1. The predicted molar refractivity (Wildman–Crippen MR) is 73.3 cm³/mol. The molecule has 0 aliphatic carbocycles. The lowest BCUT2D eigenvalue weighted by Crippen LogP contribution is -2.43. The smallest absolute Gasteiger partial charge is 0.255 e. The van der Waals surface area contributed by atoms with Crippen LogP contribution < -0.4 is 5.32 Å². The fourth-order valence-electron chi connectivity index (χ4n) is 1.51. The van der Waals surface area contributed by atoms with Gasteiger partial charge in [-0.3, -0.25) is 4.79 Å². The third kappa shape index (κ3) is 4.15. The van der Waals surface area contributed by atoms with Crippen molar-refractivity contribution >= 4 is 17.7 Å². The highest BCUT2D eigenvalue weighted by atomic mass is 32.2. The number of carbonyl (C=O) groups is 1. The number of aryl methyl sites for hydroxylation is 2. The van der Waals surface area contributed by atoms with E-state index < -0.39 is 12.2 Å². The molecule has 0 aromatic carbocycles. The number of nitrogens with zero attached hydrogens (tertiary/aromatic N) is 2. The highest BCUT2D eigenvalue weighted by Gasteiger charge is 2.23. The maximum absolute atomic E-state index is 12.1. The molecule has 0 aliphatic rings. The van der Waals surface area contributed by atoms with Crippen molar-refractivity contribution in [3.63, 3.8) is 0 Å². The number of thioether (sulfide) groups is 1. The summed E-state index contributed by atoms with van der Waals surface area (Å²) in [6.07, 6.45) is 1.84. The van der Waals surface area contributed by atoms with Crippen LogP contribution in [0.3, 0.4) is 0 Å². The number of carbonyl (C=O) groups excluding carboxylic acids is 1. The highest BCUT2D eigenvalue weighted by molar-refractivity contribution is 7.98. The van der Waals surface area contributed by atoms with Gasteiger partial charge in [-0.1, -0.05) is 0 Å². The van der Waals surface area contributed by atoms with Crippen LogP contribution in [0.5, 0.6) is 0 Å². The van der Waals surface area contributed by atoms with Gasteiger partial charge in [0.15, 0.2) is 0 Å². The monoisotopic (exact) mass is 285 g/mol. The van der Waals surface area contributed by atoms with E-state index in [-0.39, 0.29) is 12.5 Å². The molecule has 6 nitrogen and oxygen atoms in total. The van der Waals surface area contributed by atoms with Gasteiger partial charge in [-0.15, -0.1) is 11.8 Å². The summed E-state index contributed by atoms with van der Waals surface area (Å²) in [5.41, 5.74) is -0.334. The fraction of sp³-hybridized carbons (Fsp3) is 0.583. The maximum Gasteiger partial charge on any atom is 0.255 e. The molecule has 0 saturated heterocycles. The second kappa shape index (κ2) is 6.31. The van der Waals surface area contributed by atoms with Crippen LogP contribution in [0.4, 0.5) is 0 Å². The van der Waals surface area contributed by atoms with Crippen LogP contribution in [0.25, 0.3) is 0 Å². The first kappa shape index (κ1) is 15.9. The number of aliphatic hydroxyl groups is 2. The SMILES string of the molecule is CSc1nc(C)nc(C)c1C(=O)NCC(C)(O)CO. The maximum atomic E-state index is 12.1. The van der Waals surface area contributed by atoms with Crippen molar-refractivity contribution in [2.45, 2.75) is 31.4 Å². The Kier molecular flexibility index (Phi) is 5.28. The Morgan fingerprint density at radius 1 is 1.42 bits per heavy atom. The lowest BCUT2D eigenvalue weighted by molar-refractivity contribution is 0.00316. The Hall–Kier alpha value is -1.18.